The molecule has 2 N–H and O–H groups in total. The van der Waals surface area contributed by atoms with Crippen molar-refractivity contribution >= 4 is 22.8 Å². The molecular weight excluding hydrogens is 312 g/mol. The van der Waals surface area contributed by atoms with E-state index in [0.29, 0.717) is 22.7 Å². The summed E-state index contributed by atoms with van der Waals surface area (Å²) in [5.74, 6) is -0.540. The van der Waals surface area contributed by atoms with Crippen LogP contribution in [0.4, 0.5) is 0 Å². The lowest BCUT2D eigenvalue weighted by atomic mass is 10.0. The SMILES string of the molecule is COc1ccc(OC)c2c1cc(C(=O)N[C@H](C(=O)O)C(C)C)n2C. The van der Waals surface area contributed by atoms with Crippen molar-refractivity contribution in [1.82, 2.24) is 9.88 Å². The van der Waals surface area contributed by atoms with Crippen LogP contribution in [-0.4, -0.2) is 41.8 Å². The highest BCUT2D eigenvalue weighted by atomic mass is 16.5. The molecule has 0 aliphatic carbocycles. The van der Waals surface area contributed by atoms with Gasteiger partial charge in [0.1, 0.15) is 23.2 Å². The highest BCUT2D eigenvalue weighted by Gasteiger charge is 2.26. The van der Waals surface area contributed by atoms with Gasteiger partial charge in [-0.25, -0.2) is 4.79 Å². The number of amides is 1. The predicted octanol–water partition coefficient (Wildman–Crippen LogP) is 2.03. The standard InChI is InChI=1S/C17H22N2O5/c1-9(2)14(17(21)22)18-16(20)11-8-10-12(23-4)6-7-13(24-5)15(10)19(11)3/h6-9,14H,1-5H3,(H,18,20)(H,21,22)/t14-/m0/s1. The first kappa shape index (κ1) is 17.7. The van der Waals surface area contributed by atoms with Crippen LogP contribution in [0.15, 0.2) is 18.2 Å². The maximum Gasteiger partial charge on any atom is 0.326 e. The predicted molar refractivity (Wildman–Crippen MR) is 89.8 cm³/mol. The molecule has 2 rings (SSSR count). The van der Waals surface area contributed by atoms with E-state index in [2.05, 4.69) is 5.32 Å². The number of methoxy groups -OCH3 is 2. The lowest BCUT2D eigenvalue weighted by molar-refractivity contribution is -0.140. The number of ether oxygens (including phenoxy) is 2. The Hall–Kier alpha value is -2.70. The first-order valence-electron chi connectivity index (χ1n) is 7.55. The average molecular weight is 334 g/mol. The number of fused-ring (bicyclic) bond motifs is 1. The first-order valence-corrected chi connectivity index (χ1v) is 7.55. The van der Waals surface area contributed by atoms with E-state index in [0.717, 1.165) is 5.39 Å². The highest BCUT2D eigenvalue weighted by Crippen LogP contribution is 2.35. The topological polar surface area (TPSA) is 89.8 Å². The van der Waals surface area contributed by atoms with Gasteiger partial charge in [-0.1, -0.05) is 13.8 Å². The second-order valence-electron chi connectivity index (χ2n) is 5.85. The third-order valence-corrected chi connectivity index (χ3v) is 4.01. The van der Waals surface area contributed by atoms with Gasteiger partial charge in [-0.05, 0) is 24.1 Å². The van der Waals surface area contributed by atoms with Crippen molar-refractivity contribution in [1.29, 1.82) is 0 Å². The molecule has 0 saturated heterocycles. The lowest BCUT2D eigenvalue weighted by Gasteiger charge is -2.18. The molecule has 0 spiro atoms. The molecule has 0 saturated carbocycles. The summed E-state index contributed by atoms with van der Waals surface area (Å²) in [5, 5.41) is 12.5. The molecule has 1 amide bonds. The van der Waals surface area contributed by atoms with Crippen molar-refractivity contribution in [3.8, 4) is 11.5 Å². The Morgan fingerprint density at radius 2 is 1.75 bits per heavy atom. The number of aromatic nitrogens is 1. The quantitative estimate of drug-likeness (QED) is 0.844. The summed E-state index contributed by atoms with van der Waals surface area (Å²) in [6.45, 7) is 3.49. The number of aryl methyl sites for hydroxylation is 1. The lowest BCUT2D eigenvalue weighted by Crippen LogP contribution is -2.44. The number of carboxylic acid groups (broad SMARTS) is 1. The Balaban J connectivity index is 2.51. The Morgan fingerprint density at radius 3 is 2.25 bits per heavy atom. The first-order chi connectivity index (χ1) is 11.3. The fraction of sp³-hybridized carbons (Fsp3) is 0.412. The van der Waals surface area contributed by atoms with Crippen LogP contribution in [-0.2, 0) is 11.8 Å². The maximum absolute atomic E-state index is 12.6. The molecule has 130 valence electrons. The van der Waals surface area contributed by atoms with E-state index in [1.165, 1.54) is 0 Å². The summed E-state index contributed by atoms with van der Waals surface area (Å²) in [7, 11) is 4.82. The van der Waals surface area contributed by atoms with Crippen molar-refractivity contribution in [3.05, 3.63) is 23.9 Å². The highest BCUT2D eigenvalue weighted by molar-refractivity contribution is 6.03. The molecule has 1 aromatic carbocycles. The smallest absolute Gasteiger partial charge is 0.326 e. The van der Waals surface area contributed by atoms with E-state index in [1.807, 2.05) is 0 Å². The van der Waals surface area contributed by atoms with Crippen molar-refractivity contribution in [2.45, 2.75) is 19.9 Å². The van der Waals surface area contributed by atoms with E-state index in [1.54, 1.807) is 57.9 Å². The van der Waals surface area contributed by atoms with Crippen LogP contribution in [0.3, 0.4) is 0 Å². The monoisotopic (exact) mass is 334 g/mol. The second-order valence-corrected chi connectivity index (χ2v) is 5.85. The number of carbonyl (C=O) groups excluding carboxylic acids is 1. The molecule has 1 aromatic heterocycles. The van der Waals surface area contributed by atoms with E-state index in [4.69, 9.17) is 9.47 Å². The number of aliphatic carboxylic acids is 1. The van der Waals surface area contributed by atoms with Gasteiger partial charge in [0.25, 0.3) is 5.91 Å². The second kappa shape index (κ2) is 6.82. The van der Waals surface area contributed by atoms with E-state index in [-0.39, 0.29) is 5.92 Å². The number of benzene rings is 1. The summed E-state index contributed by atoms with van der Waals surface area (Å²) >= 11 is 0. The maximum atomic E-state index is 12.6. The summed E-state index contributed by atoms with van der Waals surface area (Å²) in [6, 6.07) is 4.23. The van der Waals surface area contributed by atoms with Crippen molar-refractivity contribution in [3.63, 3.8) is 0 Å². The van der Waals surface area contributed by atoms with Gasteiger partial charge in [0.15, 0.2) is 0 Å². The molecule has 0 fully saturated rings. The van der Waals surface area contributed by atoms with E-state index >= 15 is 0 Å². The normalized spacial score (nSPS) is 12.2. The average Bonchev–Trinajstić information content (AvgIpc) is 2.89. The van der Waals surface area contributed by atoms with Crippen molar-refractivity contribution in [2.75, 3.05) is 14.2 Å². The van der Waals surface area contributed by atoms with Gasteiger partial charge in [-0.2, -0.15) is 0 Å². The molecule has 24 heavy (non-hydrogen) atoms. The van der Waals surface area contributed by atoms with Crippen molar-refractivity contribution in [2.24, 2.45) is 13.0 Å². The zero-order chi connectivity index (χ0) is 18.0. The molecule has 7 nitrogen and oxygen atoms in total. The van der Waals surface area contributed by atoms with Crippen LogP contribution in [0, 0.1) is 5.92 Å². The Labute approximate surface area is 140 Å². The fourth-order valence-corrected chi connectivity index (χ4v) is 2.70. The van der Waals surface area contributed by atoms with E-state index in [9.17, 15) is 14.7 Å². The van der Waals surface area contributed by atoms with E-state index < -0.39 is 17.9 Å². The molecule has 0 aliphatic heterocycles. The summed E-state index contributed by atoms with van der Waals surface area (Å²) in [4.78, 5) is 23.9. The summed E-state index contributed by atoms with van der Waals surface area (Å²) < 4.78 is 12.4. The van der Waals surface area contributed by atoms with Gasteiger partial charge in [0.05, 0.1) is 19.7 Å². The number of carbonyl (C=O) groups is 2. The Kier molecular flexibility index (Phi) is 5.02. The summed E-state index contributed by atoms with van der Waals surface area (Å²) in [6.07, 6.45) is 0. The minimum Gasteiger partial charge on any atom is -0.496 e. The van der Waals surface area contributed by atoms with Gasteiger partial charge < -0.3 is 24.5 Å². The molecule has 1 atom stereocenters. The number of hydrogen-bond donors (Lipinski definition) is 2. The molecule has 0 radical (unpaired) electrons. The van der Waals surface area contributed by atoms with Crippen LogP contribution in [0.25, 0.3) is 10.9 Å². The third kappa shape index (κ3) is 3.02. The molecule has 0 unspecified atom stereocenters. The van der Waals surface area contributed by atoms with Gasteiger partial charge in [-0.3, -0.25) is 4.79 Å². The number of hydrogen-bond acceptors (Lipinski definition) is 4. The Morgan fingerprint density at radius 1 is 1.17 bits per heavy atom. The molecule has 2 aromatic rings. The van der Waals surface area contributed by atoms with Gasteiger partial charge in [0, 0.05) is 12.4 Å². The zero-order valence-corrected chi connectivity index (χ0v) is 14.4. The summed E-state index contributed by atoms with van der Waals surface area (Å²) in [5.41, 5.74) is 1.04. The third-order valence-electron chi connectivity index (χ3n) is 4.01. The fourth-order valence-electron chi connectivity index (χ4n) is 2.70. The number of nitrogens with one attached hydrogen (secondary N) is 1. The molecular formula is C17H22N2O5. The van der Waals surface area contributed by atoms with Crippen LogP contribution in [0.5, 0.6) is 11.5 Å². The van der Waals surface area contributed by atoms with Gasteiger partial charge in [0.2, 0.25) is 0 Å². The van der Waals surface area contributed by atoms with Gasteiger partial charge in [-0.15, -0.1) is 0 Å². The van der Waals surface area contributed by atoms with Crippen LogP contribution >= 0.6 is 0 Å². The molecule has 0 bridgehead atoms. The minimum absolute atomic E-state index is 0.231. The molecule has 7 heteroatoms. The number of rotatable bonds is 6. The molecule has 0 aliphatic rings. The molecule has 1 heterocycles. The largest absolute Gasteiger partial charge is 0.496 e. The zero-order valence-electron chi connectivity index (χ0n) is 14.4. The van der Waals surface area contributed by atoms with Crippen LogP contribution in [0.1, 0.15) is 24.3 Å². The Bertz CT molecular complexity index is 779. The van der Waals surface area contributed by atoms with Crippen LogP contribution in [0.2, 0.25) is 0 Å². The number of carboxylic acids is 1. The van der Waals surface area contributed by atoms with Gasteiger partial charge >= 0.3 is 5.97 Å². The van der Waals surface area contributed by atoms with Crippen molar-refractivity contribution < 1.29 is 24.2 Å². The van der Waals surface area contributed by atoms with Crippen LogP contribution < -0.4 is 14.8 Å². The minimum atomic E-state index is -1.06. The number of nitrogens with zero attached hydrogens (tertiary/aromatic N) is 1.